The first-order valence-electron chi connectivity index (χ1n) is 4.90. The van der Waals surface area contributed by atoms with Gasteiger partial charge in [0.25, 0.3) is 0 Å². The monoisotopic (exact) mass is 178 g/mol. The van der Waals surface area contributed by atoms with Crippen molar-refractivity contribution in [3.05, 3.63) is 34.9 Å². The van der Waals surface area contributed by atoms with E-state index in [-0.39, 0.29) is 6.10 Å². The van der Waals surface area contributed by atoms with E-state index in [2.05, 4.69) is 32.0 Å². The van der Waals surface area contributed by atoms with Gasteiger partial charge in [-0.25, -0.2) is 0 Å². The molecule has 0 heterocycles. The van der Waals surface area contributed by atoms with Crippen molar-refractivity contribution in [3.63, 3.8) is 0 Å². The highest BCUT2D eigenvalue weighted by Gasteiger charge is 2.01. The fourth-order valence-electron chi connectivity index (χ4n) is 1.57. The van der Waals surface area contributed by atoms with Gasteiger partial charge >= 0.3 is 0 Å². The summed E-state index contributed by atoms with van der Waals surface area (Å²) in [6.45, 7) is 6.12. The molecule has 0 amide bonds. The lowest BCUT2D eigenvalue weighted by Crippen LogP contribution is -2.04. The average molecular weight is 178 g/mol. The van der Waals surface area contributed by atoms with Crippen molar-refractivity contribution in [2.24, 2.45) is 0 Å². The molecule has 0 radical (unpaired) electrons. The highest BCUT2D eigenvalue weighted by molar-refractivity contribution is 5.31. The van der Waals surface area contributed by atoms with Crippen LogP contribution < -0.4 is 0 Å². The number of benzene rings is 1. The van der Waals surface area contributed by atoms with Crippen LogP contribution >= 0.6 is 0 Å². The second kappa shape index (κ2) is 4.43. The van der Waals surface area contributed by atoms with E-state index in [1.165, 1.54) is 16.7 Å². The molecule has 1 aromatic carbocycles. The molecule has 1 N–H and O–H groups in total. The summed E-state index contributed by atoms with van der Waals surface area (Å²) < 4.78 is 0. The highest BCUT2D eigenvalue weighted by atomic mass is 16.3. The molecular formula is C12H18O. The van der Waals surface area contributed by atoms with Gasteiger partial charge in [-0.2, -0.15) is 0 Å². The van der Waals surface area contributed by atoms with Crippen LogP contribution in [0.4, 0.5) is 0 Å². The molecule has 0 aliphatic rings. The Kier molecular flexibility index (Phi) is 3.49. The molecule has 0 bridgehead atoms. The maximum atomic E-state index is 9.24. The van der Waals surface area contributed by atoms with Gasteiger partial charge in [-0.3, -0.25) is 0 Å². The first-order valence-corrected chi connectivity index (χ1v) is 4.90. The van der Waals surface area contributed by atoms with Crippen LogP contribution in [-0.2, 0) is 12.8 Å². The van der Waals surface area contributed by atoms with Crippen LogP contribution in [0.15, 0.2) is 18.2 Å². The minimum Gasteiger partial charge on any atom is -0.393 e. The Bertz CT molecular complexity index is 276. The standard InChI is InChI=1S/C12H18O/c1-4-12-8-11(7-10(3)13)6-5-9(12)2/h5-6,8,10,13H,4,7H2,1-3H3. The molecule has 1 aromatic rings. The predicted molar refractivity (Wildman–Crippen MR) is 55.9 cm³/mol. The summed E-state index contributed by atoms with van der Waals surface area (Å²) in [4.78, 5) is 0. The summed E-state index contributed by atoms with van der Waals surface area (Å²) in [5.74, 6) is 0. The number of hydrogen-bond acceptors (Lipinski definition) is 1. The summed E-state index contributed by atoms with van der Waals surface area (Å²) in [5.41, 5.74) is 3.97. The first-order chi connectivity index (χ1) is 6.13. The third kappa shape index (κ3) is 2.85. The Labute approximate surface area is 80.4 Å². The van der Waals surface area contributed by atoms with Crippen LogP contribution in [0.3, 0.4) is 0 Å². The van der Waals surface area contributed by atoms with Crippen LogP contribution in [0.2, 0.25) is 0 Å². The van der Waals surface area contributed by atoms with E-state index < -0.39 is 0 Å². The molecule has 0 aromatic heterocycles. The molecule has 0 saturated carbocycles. The Morgan fingerprint density at radius 3 is 2.62 bits per heavy atom. The number of hydrogen-bond donors (Lipinski definition) is 1. The zero-order chi connectivity index (χ0) is 9.84. The van der Waals surface area contributed by atoms with E-state index in [1.807, 2.05) is 6.92 Å². The van der Waals surface area contributed by atoms with Crippen molar-refractivity contribution in [1.29, 1.82) is 0 Å². The third-order valence-corrected chi connectivity index (χ3v) is 2.33. The molecule has 1 nitrogen and oxygen atoms in total. The lowest BCUT2D eigenvalue weighted by molar-refractivity contribution is 0.195. The quantitative estimate of drug-likeness (QED) is 0.754. The Morgan fingerprint density at radius 1 is 1.38 bits per heavy atom. The summed E-state index contributed by atoms with van der Waals surface area (Å²) >= 11 is 0. The van der Waals surface area contributed by atoms with Gasteiger partial charge in [-0.15, -0.1) is 0 Å². The maximum Gasteiger partial charge on any atom is 0.0552 e. The summed E-state index contributed by atoms with van der Waals surface area (Å²) in [6.07, 6.45) is 1.58. The molecule has 72 valence electrons. The van der Waals surface area contributed by atoms with Gasteiger partial charge in [0.15, 0.2) is 0 Å². The Hall–Kier alpha value is -0.820. The summed E-state index contributed by atoms with van der Waals surface area (Å²) in [7, 11) is 0. The van der Waals surface area contributed by atoms with Gasteiger partial charge < -0.3 is 5.11 Å². The van der Waals surface area contributed by atoms with E-state index in [1.54, 1.807) is 0 Å². The van der Waals surface area contributed by atoms with Gasteiger partial charge in [-0.05, 0) is 43.4 Å². The topological polar surface area (TPSA) is 20.2 Å². The van der Waals surface area contributed by atoms with Crippen molar-refractivity contribution < 1.29 is 5.11 Å². The van der Waals surface area contributed by atoms with E-state index in [4.69, 9.17) is 0 Å². The number of rotatable bonds is 3. The minimum atomic E-state index is -0.243. The molecule has 1 unspecified atom stereocenters. The summed E-state index contributed by atoms with van der Waals surface area (Å²) in [6, 6.07) is 6.43. The van der Waals surface area contributed by atoms with Crippen molar-refractivity contribution >= 4 is 0 Å². The lowest BCUT2D eigenvalue weighted by atomic mass is 10.0. The van der Waals surface area contributed by atoms with E-state index >= 15 is 0 Å². The smallest absolute Gasteiger partial charge is 0.0552 e. The van der Waals surface area contributed by atoms with E-state index in [0.717, 1.165) is 12.8 Å². The van der Waals surface area contributed by atoms with Gasteiger partial charge in [0.05, 0.1) is 6.10 Å². The number of aryl methyl sites for hydroxylation is 2. The van der Waals surface area contributed by atoms with Crippen molar-refractivity contribution in [1.82, 2.24) is 0 Å². The zero-order valence-electron chi connectivity index (χ0n) is 8.67. The van der Waals surface area contributed by atoms with E-state index in [0.29, 0.717) is 0 Å². The Morgan fingerprint density at radius 2 is 2.08 bits per heavy atom. The average Bonchev–Trinajstić information content (AvgIpc) is 2.07. The molecule has 13 heavy (non-hydrogen) atoms. The molecule has 1 rings (SSSR count). The highest BCUT2D eigenvalue weighted by Crippen LogP contribution is 2.13. The summed E-state index contributed by atoms with van der Waals surface area (Å²) in [5, 5.41) is 9.24. The van der Waals surface area contributed by atoms with Crippen LogP contribution in [0.5, 0.6) is 0 Å². The SMILES string of the molecule is CCc1cc(CC(C)O)ccc1C. The minimum absolute atomic E-state index is 0.243. The van der Waals surface area contributed by atoms with Crippen molar-refractivity contribution in [2.45, 2.75) is 39.7 Å². The number of aliphatic hydroxyl groups excluding tert-OH is 1. The fraction of sp³-hybridized carbons (Fsp3) is 0.500. The molecule has 1 heteroatoms. The molecule has 0 saturated heterocycles. The third-order valence-electron chi connectivity index (χ3n) is 2.33. The zero-order valence-corrected chi connectivity index (χ0v) is 8.67. The van der Waals surface area contributed by atoms with Crippen molar-refractivity contribution in [2.75, 3.05) is 0 Å². The second-order valence-corrected chi connectivity index (χ2v) is 3.67. The molecule has 0 spiro atoms. The van der Waals surface area contributed by atoms with Gasteiger partial charge in [0.2, 0.25) is 0 Å². The predicted octanol–water partition coefficient (Wildman–Crippen LogP) is 2.48. The van der Waals surface area contributed by atoms with Crippen molar-refractivity contribution in [3.8, 4) is 0 Å². The van der Waals surface area contributed by atoms with E-state index in [9.17, 15) is 5.11 Å². The van der Waals surface area contributed by atoms with Gasteiger partial charge in [0, 0.05) is 0 Å². The Balaban J connectivity index is 2.86. The van der Waals surface area contributed by atoms with Crippen LogP contribution in [0.1, 0.15) is 30.5 Å². The second-order valence-electron chi connectivity index (χ2n) is 3.67. The molecule has 0 aliphatic carbocycles. The van der Waals surface area contributed by atoms with Crippen LogP contribution in [0.25, 0.3) is 0 Å². The van der Waals surface area contributed by atoms with Crippen LogP contribution in [-0.4, -0.2) is 11.2 Å². The molecular weight excluding hydrogens is 160 g/mol. The number of aliphatic hydroxyl groups is 1. The molecule has 0 fully saturated rings. The van der Waals surface area contributed by atoms with Crippen LogP contribution in [0, 0.1) is 6.92 Å². The lowest BCUT2D eigenvalue weighted by Gasteiger charge is -2.08. The van der Waals surface area contributed by atoms with Gasteiger partial charge in [0.1, 0.15) is 0 Å². The molecule has 0 aliphatic heterocycles. The fourth-order valence-corrected chi connectivity index (χ4v) is 1.57. The largest absolute Gasteiger partial charge is 0.393 e. The normalized spacial score (nSPS) is 12.9. The maximum absolute atomic E-state index is 9.24. The molecule has 1 atom stereocenters. The van der Waals surface area contributed by atoms with Gasteiger partial charge in [-0.1, -0.05) is 25.1 Å². The first kappa shape index (κ1) is 10.3.